The van der Waals surface area contributed by atoms with Crippen LogP contribution in [0.15, 0.2) is 30.3 Å². The fraction of sp³-hybridized carbons (Fsp3) is 0.400. The quantitative estimate of drug-likeness (QED) is 0.439. The highest BCUT2D eigenvalue weighted by molar-refractivity contribution is 5.87. The molecule has 1 aromatic carbocycles. The lowest BCUT2D eigenvalue weighted by Gasteiger charge is -2.12. The normalized spacial score (nSPS) is 10.6. The molecule has 3 heteroatoms. The molecule has 0 aliphatic rings. The van der Waals surface area contributed by atoms with Gasteiger partial charge in [0.25, 0.3) is 0 Å². The van der Waals surface area contributed by atoms with Crippen molar-refractivity contribution in [3.05, 3.63) is 35.9 Å². The van der Waals surface area contributed by atoms with Crippen molar-refractivity contribution in [2.45, 2.75) is 19.8 Å². The van der Waals surface area contributed by atoms with Gasteiger partial charge < -0.3 is 9.64 Å². The Morgan fingerprint density at radius 3 is 2.83 bits per heavy atom. The van der Waals surface area contributed by atoms with E-state index in [1.54, 1.807) is 6.08 Å². The Balaban J connectivity index is 2.55. The monoisotopic (exact) mass is 247 g/mol. The molecule has 0 amide bonds. The van der Waals surface area contributed by atoms with Crippen molar-refractivity contribution in [3.63, 3.8) is 0 Å². The second kappa shape index (κ2) is 7.54. The number of hydrogen-bond acceptors (Lipinski definition) is 3. The second-order valence-electron chi connectivity index (χ2n) is 4.34. The van der Waals surface area contributed by atoms with E-state index in [9.17, 15) is 4.79 Å². The molecule has 0 fully saturated rings. The maximum atomic E-state index is 11.4. The minimum atomic E-state index is -0.279. The Labute approximate surface area is 109 Å². The zero-order valence-corrected chi connectivity index (χ0v) is 11.3. The van der Waals surface area contributed by atoms with Gasteiger partial charge in [0.1, 0.15) is 0 Å². The first-order valence-electron chi connectivity index (χ1n) is 6.25. The van der Waals surface area contributed by atoms with Crippen LogP contribution in [0.25, 0.3) is 6.08 Å². The summed E-state index contributed by atoms with van der Waals surface area (Å²) in [6.07, 6.45) is 5.20. The highest BCUT2D eigenvalue weighted by atomic mass is 16.5. The van der Waals surface area contributed by atoms with Crippen LogP contribution in [0.1, 0.15) is 25.3 Å². The van der Waals surface area contributed by atoms with Crippen LogP contribution < -0.4 is 4.90 Å². The van der Waals surface area contributed by atoms with Gasteiger partial charge in [0.05, 0.1) is 6.61 Å². The summed E-state index contributed by atoms with van der Waals surface area (Å²) >= 11 is 0. The van der Waals surface area contributed by atoms with E-state index in [0.29, 0.717) is 6.61 Å². The lowest BCUT2D eigenvalue weighted by molar-refractivity contribution is -0.137. The first kappa shape index (κ1) is 14.3. The fourth-order valence-corrected chi connectivity index (χ4v) is 1.44. The molecule has 0 heterocycles. The number of esters is 1. The van der Waals surface area contributed by atoms with Gasteiger partial charge in [0.15, 0.2) is 0 Å². The van der Waals surface area contributed by atoms with Crippen molar-refractivity contribution >= 4 is 17.7 Å². The first-order valence-corrected chi connectivity index (χ1v) is 6.25. The van der Waals surface area contributed by atoms with Crippen LogP contribution in [0.3, 0.4) is 0 Å². The van der Waals surface area contributed by atoms with E-state index < -0.39 is 0 Å². The Morgan fingerprint density at radius 2 is 2.17 bits per heavy atom. The molecule has 0 atom stereocenters. The number of rotatable bonds is 6. The van der Waals surface area contributed by atoms with E-state index in [-0.39, 0.29) is 5.97 Å². The number of carbonyl (C=O) groups is 1. The summed E-state index contributed by atoms with van der Waals surface area (Å²) in [6.45, 7) is 2.56. The van der Waals surface area contributed by atoms with E-state index >= 15 is 0 Å². The van der Waals surface area contributed by atoms with Gasteiger partial charge in [-0.1, -0.05) is 25.5 Å². The molecule has 3 nitrogen and oxygen atoms in total. The Kier molecular flexibility index (Phi) is 5.98. The average molecular weight is 247 g/mol. The zero-order valence-electron chi connectivity index (χ0n) is 11.3. The molecular weight excluding hydrogens is 226 g/mol. The standard InChI is InChI=1S/C15H21NO2/c1-4-5-11-18-15(17)10-9-13-7-6-8-14(12-13)16(2)3/h6-10,12H,4-5,11H2,1-3H3/b10-9+. The molecule has 0 radical (unpaired) electrons. The molecule has 18 heavy (non-hydrogen) atoms. The van der Waals surface area contributed by atoms with Gasteiger partial charge in [-0.05, 0) is 30.2 Å². The predicted molar refractivity (Wildman–Crippen MR) is 75.7 cm³/mol. The number of benzene rings is 1. The number of nitrogens with zero attached hydrogens (tertiary/aromatic N) is 1. The SMILES string of the molecule is CCCCOC(=O)/C=C/c1cccc(N(C)C)c1. The minimum Gasteiger partial charge on any atom is -0.463 e. The number of unbranched alkanes of at least 4 members (excludes halogenated alkanes) is 1. The van der Waals surface area contributed by atoms with Crippen LogP contribution in [0.4, 0.5) is 5.69 Å². The van der Waals surface area contributed by atoms with Crippen LogP contribution in [0.2, 0.25) is 0 Å². The molecule has 0 aromatic heterocycles. The van der Waals surface area contributed by atoms with Crippen molar-refractivity contribution in [2.24, 2.45) is 0 Å². The molecule has 0 unspecified atom stereocenters. The van der Waals surface area contributed by atoms with Crippen LogP contribution in [0.5, 0.6) is 0 Å². The van der Waals surface area contributed by atoms with Gasteiger partial charge in [-0.2, -0.15) is 0 Å². The van der Waals surface area contributed by atoms with Gasteiger partial charge >= 0.3 is 5.97 Å². The van der Waals surface area contributed by atoms with Crippen molar-refractivity contribution in [3.8, 4) is 0 Å². The third-order valence-electron chi connectivity index (χ3n) is 2.54. The van der Waals surface area contributed by atoms with E-state index in [1.807, 2.05) is 43.3 Å². The van der Waals surface area contributed by atoms with E-state index in [1.165, 1.54) is 6.08 Å². The predicted octanol–water partition coefficient (Wildman–Crippen LogP) is 3.11. The molecule has 1 rings (SSSR count). The van der Waals surface area contributed by atoms with Crippen molar-refractivity contribution in [1.29, 1.82) is 0 Å². The van der Waals surface area contributed by atoms with E-state index in [2.05, 4.69) is 6.92 Å². The Morgan fingerprint density at radius 1 is 1.39 bits per heavy atom. The summed E-state index contributed by atoms with van der Waals surface area (Å²) in [6, 6.07) is 7.98. The highest BCUT2D eigenvalue weighted by Gasteiger charge is 1.98. The van der Waals surface area contributed by atoms with Crippen LogP contribution in [-0.4, -0.2) is 26.7 Å². The van der Waals surface area contributed by atoms with Gasteiger partial charge in [-0.3, -0.25) is 0 Å². The minimum absolute atomic E-state index is 0.279. The van der Waals surface area contributed by atoms with Crippen molar-refractivity contribution in [1.82, 2.24) is 0 Å². The van der Waals surface area contributed by atoms with E-state index in [4.69, 9.17) is 4.74 Å². The van der Waals surface area contributed by atoms with Gasteiger partial charge in [-0.25, -0.2) is 4.79 Å². The molecule has 98 valence electrons. The van der Waals surface area contributed by atoms with Crippen LogP contribution in [-0.2, 0) is 9.53 Å². The topological polar surface area (TPSA) is 29.5 Å². The number of ether oxygens (including phenoxy) is 1. The molecule has 0 aliphatic carbocycles. The molecule has 0 N–H and O–H groups in total. The zero-order chi connectivity index (χ0) is 13.4. The average Bonchev–Trinajstić information content (AvgIpc) is 2.37. The summed E-state index contributed by atoms with van der Waals surface area (Å²) in [4.78, 5) is 13.4. The van der Waals surface area contributed by atoms with Crippen LogP contribution in [0, 0.1) is 0 Å². The summed E-state index contributed by atoms with van der Waals surface area (Å²) in [7, 11) is 3.98. The second-order valence-corrected chi connectivity index (χ2v) is 4.34. The number of hydrogen-bond donors (Lipinski definition) is 0. The number of carbonyl (C=O) groups excluding carboxylic acids is 1. The van der Waals surface area contributed by atoms with E-state index in [0.717, 1.165) is 24.1 Å². The molecular formula is C15H21NO2. The third-order valence-corrected chi connectivity index (χ3v) is 2.54. The lowest BCUT2D eigenvalue weighted by Crippen LogP contribution is -2.08. The van der Waals surface area contributed by atoms with Crippen molar-refractivity contribution in [2.75, 3.05) is 25.6 Å². The smallest absolute Gasteiger partial charge is 0.330 e. The Hall–Kier alpha value is -1.77. The van der Waals surface area contributed by atoms with Gasteiger partial charge in [0.2, 0.25) is 0 Å². The molecule has 0 bridgehead atoms. The lowest BCUT2D eigenvalue weighted by atomic mass is 10.2. The van der Waals surface area contributed by atoms with Gasteiger partial charge in [-0.15, -0.1) is 0 Å². The summed E-state index contributed by atoms with van der Waals surface area (Å²) in [5, 5.41) is 0. The molecule has 1 aromatic rings. The third kappa shape index (κ3) is 5.04. The van der Waals surface area contributed by atoms with Gasteiger partial charge in [0, 0.05) is 25.9 Å². The maximum Gasteiger partial charge on any atom is 0.330 e. The molecule has 0 saturated heterocycles. The largest absolute Gasteiger partial charge is 0.463 e. The van der Waals surface area contributed by atoms with Crippen LogP contribution >= 0.6 is 0 Å². The first-order chi connectivity index (χ1) is 8.63. The maximum absolute atomic E-state index is 11.4. The summed E-state index contributed by atoms with van der Waals surface area (Å²) in [5.41, 5.74) is 2.10. The summed E-state index contributed by atoms with van der Waals surface area (Å²) in [5.74, 6) is -0.279. The highest BCUT2D eigenvalue weighted by Crippen LogP contribution is 2.14. The molecule has 0 saturated carbocycles. The molecule has 0 aliphatic heterocycles. The fourth-order valence-electron chi connectivity index (χ4n) is 1.44. The number of anilines is 1. The summed E-state index contributed by atoms with van der Waals surface area (Å²) < 4.78 is 5.05. The van der Waals surface area contributed by atoms with Crippen molar-refractivity contribution < 1.29 is 9.53 Å². The Bertz CT molecular complexity index is 411. The molecule has 0 spiro atoms.